The molecule has 0 saturated carbocycles. The van der Waals surface area contributed by atoms with E-state index in [1.165, 1.54) is 10.6 Å². The highest BCUT2D eigenvalue weighted by atomic mass is 31.1. The van der Waals surface area contributed by atoms with Crippen LogP contribution in [-0.2, 0) is 4.74 Å². The zero-order valence-electron chi connectivity index (χ0n) is 23.2. The monoisotopic (exact) mass is 513 g/mol. The molecule has 3 nitrogen and oxygen atoms in total. The molecular formula is C30H45NO2P2. The molecule has 192 valence electrons. The van der Waals surface area contributed by atoms with Crippen LogP contribution in [0.3, 0.4) is 0 Å². The minimum Gasteiger partial charge on any atom is -0.444 e. The van der Waals surface area contributed by atoms with Gasteiger partial charge >= 0.3 is 6.09 Å². The van der Waals surface area contributed by atoms with Gasteiger partial charge in [0.15, 0.2) is 0 Å². The first-order valence-corrected chi connectivity index (χ1v) is 15.8. The number of ether oxygens (including phenoxy) is 1. The van der Waals surface area contributed by atoms with E-state index >= 15 is 0 Å². The molecule has 3 rings (SSSR count). The predicted molar refractivity (Wildman–Crippen MR) is 155 cm³/mol. The maximum absolute atomic E-state index is 13.5. The fourth-order valence-corrected chi connectivity index (χ4v) is 12.1. The van der Waals surface area contributed by atoms with Crippen LogP contribution in [-0.4, -0.2) is 51.3 Å². The van der Waals surface area contributed by atoms with E-state index in [9.17, 15) is 4.79 Å². The molecule has 0 unspecified atom stereocenters. The van der Waals surface area contributed by atoms with Crippen LogP contribution >= 0.6 is 15.8 Å². The first-order valence-electron chi connectivity index (χ1n) is 12.8. The molecule has 1 aliphatic heterocycles. The van der Waals surface area contributed by atoms with Crippen LogP contribution < -0.4 is 10.6 Å². The number of hydrogen-bond acceptors (Lipinski definition) is 2. The summed E-state index contributed by atoms with van der Waals surface area (Å²) in [5.41, 5.74) is -0.0913. The van der Waals surface area contributed by atoms with Gasteiger partial charge in [-0.15, -0.1) is 0 Å². The van der Waals surface area contributed by atoms with Crippen LogP contribution in [0.4, 0.5) is 4.79 Å². The molecule has 0 aromatic heterocycles. The van der Waals surface area contributed by atoms with Gasteiger partial charge in [-0.2, -0.15) is 0 Å². The minimum atomic E-state index is -0.587. The van der Waals surface area contributed by atoms with Gasteiger partial charge in [-0.25, -0.2) is 4.79 Å². The van der Waals surface area contributed by atoms with Gasteiger partial charge in [0.1, 0.15) is 5.60 Å². The average molecular weight is 514 g/mol. The largest absolute Gasteiger partial charge is 0.444 e. The fourth-order valence-electron chi connectivity index (χ4n) is 5.31. The van der Waals surface area contributed by atoms with Crippen molar-refractivity contribution in [2.45, 2.75) is 96.3 Å². The van der Waals surface area contributed by atoms with Crippen molar-refractivity contribution in [2.24, 2.45) is 0 Å². The number of carbonyl (C=O) groups excluding carboxylic acids is 1. The molecule has 0 N–H and O–H groups in total. The van der Waals surface area contributed by atoms with Gasteiger partial charge in [-0.3, -0.25) is 0 Å². The second-order valence-electron chi connectivity index (χ2n) is 12.7. The molecule has 0 spiro atoms. The standard InChI is InChI=1S/C30H45NO2P2/c1-28(2,3)33-27(32)31-21-26(20-23(31)22-34(29(4,5)6)30(7,8)9)35(24-16-12-10-13-17-24)25-18-14-11-15-19-25/h10-19,23,26H,20-22H2,1-9H3/t23-,26-/m0/s1. The molecule has 0 bridgehead atoms. The third-order valence-electron chi connectivity index (χ3n) is 6.47. The zero-order chi connectivity index (χ0) is 26.0. The van der Waals surface area contributed by atoms with E-state index < -0.39 is 13.5 Å². The Balaban J connectivity index is 1.99. The third-order valence-corrected chi connectivity index (χ3v) is 13.3. The summed E-state index contributed by atoms with van der Waals surface area (Å²) in [6.45, 7) is 20.9. The molecule has 5 heteroatoms. The lowest BCUT2D eigenvalue weighted by Crippen LogP contribution is -2.43. The summed E-state index contributed by atoms with van der Waals surface area (Å²) in [7, 11) is -0.914. The Morgan fingerprint density at radius 2 is 1.29 bits per heavy atom. The number of rotatable bonds is 5. The Morgan fingerprint density at radius 3 is 1.69 bits per heavy atom. The molecule has 0 radical (unpaired) electrons. The number of benzene rings is 2. The number of likely N-dealkylation sites (tertiary alicyclic amines) is 1. The Labute approximate surface area is 216 Å². The molecule has 1 fully saturated rings. The van der Waals surface area contributed by atoms with Gasteiger partial charge in [0.25, 0.3) is 0 Å². The molecular weight excluding hydrogens is 468 g/mol. The van der Waals surface area contributed by atoms with Gasteiger partial charge in [0.2, 0.25) is 0 Å². The minimum absolute atomic E-state index is 0.154. The number of carbonyl (C=O) groups is 1. The summed E-state index contributed by atoms with van der Waals surface area (Å²) in [4.78, 5) is 15.6. The molecule has 1 heterocycles. The second kappa shape index (κ2) is 10.9. The van der Waals surface area contributed by atoms with Crippen molar-refractivity contribution in [1.29, 1.82) is 0 Å². The van der Waals surface area contributed by atoms with Gasteiger partial charge < -0.3 is 9.64 Å². The summed E-state index contributed by atoms with van der Waals surface area (Å²) >= 11 is 0. The van der Waals surface area contributed by atoms with Crippen LogP contribution in [0.5, 0.6) is 0 Å². The average Bonchev–Trinajstić information content (AvgIpc) is 3.15. The second-order valence-corrected chi connectivity index (χ2v) is 19.1. The molecule has 35 heavy (non-hydrogen) atoms. The number of amides is 1. The van der Waals surface area contributed by atoms with Crippen molar-refractivity contribution < 1.29 is 9.53 Å². The van der Waals surface area contributed by atoms with Gasteiger partial charge in [-0.05, 0) is 62.2 Å². The fraction of sp³-hybridized carbons (Fsp3) is 0.567. The summed E-state index contributed by atoms with van der Waals surface area (Å²) < 4.78 is 5.95. The number of hydrogen-bond donors (Lipinski definition) is 0. The molecule has 1 saturated heterocycles. The van der Waals surface area contributed by atoms with Crippen molar-refractivity contribution >= 4 is 32.5 Å². The van der Waals surface area contributed by atoms with Crippen LogP contribution in [0.2, 0.25) is 0 Å². The highest BCUT2D eigenvalue weighted by Crippen LogP contribution is 2.61. The van der Waals surface area contributed by atoms with E-state index in [-0.39, 0.29) is 30.4 Å². The summed E-state index contributed by atoms with van der Waals surface area (Å²) in [5, 5.41) is 3.21. The van der Waals surface area contributed by atoms with Gasteiger partial charge in [-0.1, -0.05) is 110 Å². The van der Waals surface area contributed by atoms with Crippen LogP contribution in [0, 0.1) is 0 Å². The van der Waals surface area contributed by atoms with Crippen molar-refractivity contribution in [3.8, 4) is 0 Å². The van der Waals surface area contributed by atoms with Crippen molar-refractivity contribution in [1.82, 2.24) is 4.90 Å². The maximum atomic E-state index is 13.5. The van der Waals surface area contributed by atoms with Crippen molar-refractivity contribution in [2.75, 3.05) is 12.7 Å². The molecule has 1 amide bonds. The summed E-state index contributed by atoms with van der Waals surface area (Å²) in [6.07, 6.45) is 1.93. The maximum Gasteiger partial charge on any atom is 0.410 e. The lowest BCUT2D eigenvalue weighted by Gasteiger charge is -2.44. The summed E-state index contributed by atoms with van der Waals surface area (Å²) in [5.74, 6) is 0. The van der Waals surface area contributed by atoms with Gasteiger partial charge in [0, 0.05) is 18.2 Å². The smallest absolute Gasteiger partial charge is 0.410 e. The highest BCUT2D eigenvalue weighted by Gasteiger charge is 2.45. The Hall–Kier alpha value is -1.43. The molecule has 0 aliphatic carbocycles. The Morgan fingerprint density at radius 1 is 0.829 bits per heavy atom. The first-order chi connectivity index (χ1) is 16.2. The topological polar surface area (TPSA) is 29.5 Å². The van der Waals surface area contributed by atoms with E-state index in [4.69, 9.17) is 4.74 Å². The van der Waals surface area contributed by atoms with Gasteiger partial charge in [0.05, 0.1) is 0 Å². The third kappa shape index (κ3) is 7.53. The summed E-state index contributed by atoms with van der Waals surface area (Å²) in [6, 6.07) is 22.0. The van der Waals surface area contributed by atoms with Crippen LogP contribution in [0.1, 0.15) is 68.7 Å². The van der Waals surface area contributed by atoms with E-state index in [1.807, 2.05) is 20.8 Å². The van der Waals surface area contributed by atoms with Crippen LogP contribution in [0.25, 0.3) is 0 Å². The molecule has 1 aliphatic rings. The first kappa shape index (κ1) is 28.1. The predicted octanol–water partition coefficient (Wildman–Crippen LogP) is 7.58. The lowest BCUT2D eigenvalue weighted by molar-refractivity contribution is 0.0241. The SMILES string of the molecule is CC(C)(C)OC(=O)N1C[C@@H](P(c2ccccc2)c2ccccc2)C[C@H]1CP(C(C)(C)C)C(C)(C)C. The van der Waals surface area contributed by atoms with Crippen molar-refractivity contribution in [3.63, 3.8) is 0 Å². The van der Waals surface area contributed by atoms with Crippen LogP contribution in [0.15, 0.2) is 60.7 Å². The Kier molecular flexibility index (Phi) is 8.77. The highest BCUT2D eigenvalue weighted by molar-refractivity contribution is 7.73. The normalized spacial score (nSPS) is 19.5. The zero-order valence-corrected chi connectivity index (χ0v) is 25.0. The molecule has 2 aromatic carbocycles. The quantitative estimate of drug-likeness (QED) is 0.386. The van der Waals surface area contributed by atoms with E-state index in [2.05, 4.69) is 107 Å². The lowest BCUT2D eigenvalue weighted by atomic mass is 10.2. The number of nitrogens with zero attached hydrogens (tertiary/aromatic N) is 1. The van der Waals surface area contributed by atoms with Crippen molar-refractivity contribution in [3.05, 3.63) is 60.7 Å². The molecule has 2 aromatic rings. The van der Waals surface area contributed by atoms with E-state index in [0.717, 1.165) is 19.1 Å². The Bertz CT molecular complexity index is 904. The van der Waals surface area contributed by atoms with E-state index in [1.54, 1.807) is 0 Å². The molecule has 2 atom stereocenters. The van der Waals surface area contributed by atoms with E-state index in [0.29, 0.717) is 5.66 Å².